The maximum Gasteiger partial charge on any atom is 0.143 e. The second-order valence-electron chi connectivity index (χ2n) is 3.99. The van der Waals surface area contributed by atoms with Gasteiger partial charge in [-0.3, -0.25) is 0 Å². The molecule has 1 aliphatic rings. The van der Waals surface area contributed by atoms with Crippen molar-refractivity contribution in [3.8, 4) is 0 Å². The topological polar surface area (TPSA) is 42.7 Å². The number of hydrogen-bond donors (Lipinski definition) is 1. The molecule has 0 aromatic carbocycles. The van der Waals surface area contributed by atoms with Crippen LogP contribution in [-0.4, -0.2) is 20.8 Å². The Labute approximate surface area is 84.7 Å². The largest absolute Gasteiger partial charge is 0.305 e. The molecule has 2 rings (SSSR count). The van der Waals surface area contributed by atoms with Gasteiger partial charge in [0.25, 0.3) is 0 Å². The lowest BCUT2D eigenvalue weighted by molar-refractivity contribution is 0.321. The molecule has 0 spiro atoms. The Morgan fingerprint density at radius 3 is 3.14 bits per heavy atom. The fourth-order valence-corrected chi connectivity index (χ4v) is 2.13. The average Bonchev–Trinajstić information content (AvgIpc) is 2.65. The van der Waals surface area contributed by atoms with Gasteiger partial charge in [0.15, 0.2) is 0 Å². The third kappa shape index (κ3) is 1.80. The molecule has 0 aliphatic carbocycles. The van der Waals surface area contributed by atoms with E-state index in [0.717, 1.165) is 12.4 Å². The summed E-state index contributed by atoms with van der Waals surface area (Å²) < 4.78 is 1.98. The highest BCUT2D eigenvalue weighted by atomic mass is 15.3. The Balaban J connectivity index is 2.13. The van der Waals surface area contributed by atoms with E-state index >= 15 is 0 Å². The normalized spacial score (nSPS) is 27.9. The second-order valence-corrected chi connectivity index (χ2v) is 3.99. The summed E-state index contributed by atoms with van der Waals surface area (Å²) in [5, 5.41) is 7.77. The summed E-state index contributed by atoms with van der Waals surface area (Å²) in [6.45, 7) is 5.24. The van der Waals surface area contributed by atoms with E-state index in [0.29, 0.717) is 12.1 Å². The molecule has 1 fully saturated rings. The molecule has 0 bridgehead atoms. The number of nitrogens with zero attached hydrogens (tertiary/aromatic N) is 3. The van der Waals surface area contributed by atoms with Crippen LogP contribution in [0.25, 0.3) is 0 Å². The van der Waals surface area contributed by atoms with Crippen molar-refractivity contribution in [1.29, 1.82) is 0 Å². The molecule has 78 valence electrons. The molecule has 2 heterocycles. The summed E-state index contributed by atoms with van der Waals surface area (Å²) in [5.41, 5.74) is 0. The van der Waals surface area contributed by atoms with Crippen molar-refractivity contribution in [1.82, 2.24) is 20.1 Å². The Bertz CT molecular complexity index is 294. The van der Waals surface area contributed by atoms with Gasteiger partial charge in [0, 0.05) is 12.6 Å². The second kappa shape index (κ2) is 4.09. The van der Waals surface area contributed by atoms with Crippen molar-refractivity contribution in [3.63, 3.8) is 0 Å². The molecule has 1 N–H and O–H groups in total. The first kappa shape index (κ1) is 9.65. The Hall–Kier alpha value is -0.900. The predicted molar refractivity (Wildman–Crippen MR) is 54.9 cm³/mol. The first-order valence-electron chi connectivity index (χ1n) is 5.45. The lowest BCUT2D eigenvalue weighted by Crippen LogP contribution is -2.36. The van der Waals surface area contributed by atoms with Crippen molar-refractivity contribution < 1.29 is 0 Å². The molecule has 0 saturated carbocycles. The number of piperidine rings is 1. The van der Waals surface area contributed by atoms with Gasteiger partial charge in [-0.2, -0.15) is 5.10 Å². The summed E-state index contributed by atoms with van der Waals surface area (Å²) in [6, 6.07) is 1.01. The molecule has 2 unspecified atom stereocenters. The summed E-state index contributed by atoms with van der Waals surface area (Å²) >= 11 is 0. The van der Waals surface area contributed by atoms with Crippen molar-refractivity contribution in [2.24, 2.45) is 0 Å². The molecule has 1 aromatic heterocycles. The van der Waals surface area contributed by atoms with Crippen molar-refractivity contribution in [2.45, 2.75) is 51.7 Å². The molecule has 4 heteroatoms. The van der Waals surface area contributed by atoms with Crippen LogP contribution in [0.2, 0.25) is 0 Å². The number of rotatable bonds is 2. The zero-order valence-corrected chi connectivity index (χ0v) is 8.90. The third-order valence-electron chi connectivity index (χ3n) is 2.87. The van der Waals surface area contributed by atoms with Gasteiger partial charge < -0.3 is 5.32 Å². The molecular formula is C10H18N4. The monoisotopic (exact) mass is 194 g/mol. The smallest absolute Gasteiger partial charge is 0.143 e. The fourth-order valence-electron chi connectivity index (χ4n) is 2.13. The number of nitrogens with one attached hydrogen (secondary N) is 1. The maximum atomic E-state index is 4.33. The minimum atomic E-state index is 0.404. The van der Waals surface area contributed by atoms with E-state index in [1.54, 1.807) is 6.33 Å². The zero-order chi connectivity index (χ0) is 9.97. The SMILES string of the molecule is CCn1ncnc1C1CCCC(C)N1. The molecule has 4 nitrogen and oxygen atoms in total. The Kier molecular flexibility index (Phi) is 2.82. The number of hydrogen-bond acceptors (Lipinski definition) is 3. The Morgan fingerprint density at radius 2 is 2.43 bits per heavy atom. The standard InChI is InChI=1S/C10H18N4/c1-3-14-10(11-7-12-14)9-6-4-5-8(2)13-9/h7-9,13H,3-6H2,1-2H3. The van der Waals surface area contributed by atoms with Gasteiger partial charge in [0.1, 0.15) is 12.2 Å². The molecule has 0 radical (unpaired) electrons. The lowest BCUT2D eigenvalue weighted by atomic mass is 9.99. The van der Waals surface area contributed by atoms with E-state index < -0.39 is 0 Å². The highest BCUT2D eigenvalue weighted by Gasteiger charge is 2.22. The zero-order valence-electron chi connectivity index (χ0n) is 8.90. The van der Waals surface area contributed by atoms with E-state index in [9.17, 15) is 0 Å². The van der Waals surface area contributed by atoms with E-state index in [4.69, 9.17) is 0 Å². The van der Waals surface area contributed by atoms with Crippen LogP contribution in [0.1, 0.15) is 45.0 Å². The molecule has 1 aliphatic heterocycles. The van der Waals surface area contributed by atoms with E-state index in [2.05, 4.69) is 29.2 Å². The van der Waals surface area contributed by atoms with E-state index in [-0.39, 0.29) is 0 Å². The van der Waals surface area contributed by atoms with Gasteiger partial charge in [0.2, 0.25) is 0 Å². The summed E-state index contributed by atoms with van der Waals surface area (Å²) in [6.07, 6.45) is 5.40. The van der Waals surface area contributed by atoms with Crippen molar-refractivity contribution >= 4 is 0 Å². The highest BCUT2D eigenvalue weighted by molar-refractivity contribution is 4.97. The van der Waals surface area contributed by atoms with Gasteiger partial charge in [0.05, 0.1) is 6.04 Å². The third-order valence-corrected chi connectivity index (χ3v) is 2.87. The molecular weight excluding hydrogens is 176 g/mol. The lowest BCUT2D eigenvalue weighted by Gasteiger charge is -2.28. The first-order chi connectivity index (χ1) is 6.81. The predicted octanol–water partition coefficient (Wildman–Crippen LogP) is 1.50. The minimum Gasteiger partial charge on any atom is -0.305 e. The Morgan fingerprint density at radius 1 is 1.57 bits per heavy atom. The van der Waals surface area contributed by atoms with Crippen LogP contribution in [-0.2, 0) is 6.54 Å². The first-order valence-corrected chi connectivity index (χ1v) is 5.45. The number of aryl methyl sites for hydroxylation is 1. The van der Waals surface area contributed by atoms with Gasteiger partial charge in [-0.15, -0.1) is 0 Å². The van der Waals surface area contributed by atoms with E-state index in [1.807, 2.05) is 4.68 Å². The van der Waals surface area contributed by atoms with Gasteiger partial charge in [-0.05, 0) is 33.1 Å². The average molecular weight is 194 g/mol. The molecule has 14 heavy (non-hydrogen) atoms. The maximum absolute atomic E-state index is 4.33. The summed E-state index contributed by atoms with van der Waals surface area (Å²) in [7, 11) is 0. The van der Waals surface area contributed by atoms with Crippen molar-refractivity contribution in [2.75, 3.05) is 0 Å². The number of aromatic nitrogens is 3. The summed E-state index contributed by atoms with van der Waals surface area (Å²) in [4.78, 5) is 4.33. The van der Waals surface area contributed by atoms with Crippen LogP contribution >= 0.6 is 0 Å². The van der Waals surface area contributed by atoms with Crippen LogP contribution in [0.5, 0.6) is 0 Å². The van der Waals surface area contributed by atoms with E-state index in [1.165, 1.54) is 19.3 Å². The van der Waals surface area contributed by atoms with Crippen LogP contribution in [0.15, 0.2) is 6.33 Å². The highest BCUT2D eigenvalue weighted by Crippen LogP contribution is 2.23. The molecule has 0 amide bonds. The van der Waals surface area contributed by atoms with Gasteiger partial charge >= 0.3 is 0 Å². The van der Waals surface area contributed by atoms with Crippen LogP contribution < -0.4 is 5.32 Å². The van der Waals surface area contributed by atoms with Crippen LogP contribution in [0.4, 0.5) is 0 Å². The molecule has 2 atom stereocenters. The van der Waals surface area contributed by atoms with Gasteiger partial charge in [-0.1, -0.05) is 0 Å². The van der Waals surface area contributed by atoms with Crippen LogP contribution in [0, 0.1) is 0 Å². The minimum absolute atomic E-state index is 0.404. The van der Waals surface area contributed by atoms with Crippen LogP contribution in [0.3, 0.4) is 0 Å². The quantitative estimate of drug-likeness (QED) is 0.776. The van der Waals surface area contributed by atoms with Gasteiger partial charge in [-0.25, -0.2) is 9.67 Å². The molecule has 1 saturated heterocycles. The van der Waals surface area contributed by atoms with Crippen molar-refractivity contribution in [3.05, 3.63) is 12.2 Å². The summed E-state index contributed by atoms with van der Waals surface area (Å²) in [5.74, 6) is 1.10. The fraction of sp³-hybridized carbons (Fsp3) is 0.800. The molecule has 1 aromatic rings.